The monoisotopic (exact) mass is 2160 g/mol. The van der Waals surface area contributed by atoms with Crippen LogP contribution in [0.2, 0.25) is 0 Å². The normalized spacial score (nSPS) is 13.0. The molecule has 0 radical (unpaired) electrons. The van der Waals surface area contributed by atoms with Crippen LogP contribution in [0.3, 0.4) is 0 Å². The number of benzene rings is 5. The number of nitrogen functional groups attached to an aromatic ring is 1. The van der Waals surface area contributed by atoms with Crippen molar-refractivity contribution >= 4 is 57.5 Å². The number of pyridine rings is 4. The molecule has 0 saturated heterocycles. The molecule has 0 spiro atoms. The van der Waals surface area contributed by atoms with Crippen LogP contribution in [0.1, 0.15) is 214 Å². The van der Waals surface area contributed by atoms with Crippen LogP contribution in [0, 0.1) is 13.2 Å². The maximum absolute atomic E-state index is 14.9. The number of nitrogens with two attached hydrogens (primary N) is 1. The molecule has 0 atom stereocenters. The molecular formula is C106H111FN31O9W-. The molecule has 0 unspecified atom stereocenters. The number of fused-ring (bicyclic) bond motifs is 1. The van der Waals surface area contributed by atoms with E-state index in [1.807, 2.05) is 185 Å². The minimum Gasteiger partial charge on any atom is -0.497 e. The molecule has 18 aromatic rings. The molecule has 5 aromatic carbocycles. The molecular weight excluding hydrogens is 2050 g/mol. The number of halogens is 1. The molecule has 0 aliphatic heterocycles. The Morgan fingerprint density at radius 1 is 0.399 bits per heavy atom. The van der Waals surface area contributed by atoms with Crippen LogP contribution in [0.4, 0.5) is 33.2 Å². The van der Waals surface area contributed by atoms with E-state index < -0.39 is 11.7 Å². The number of amides is 3. The summed E-state index contributed by atoms with van der Waals surface area (Å²) in [6.07, 6.45) is 32.1. The summed E-state index contributed by atoms with van der Waals surface area (Å²) in [5.41, 5.74) is 18.3. The number of ether oxygens (including phenoxy) is 5. The number of hydrogen-bond acceptors (Lipinski definition) is 28. The van der Waals surface area contributed by atoms with Gasteiger partial charge in [-0.2, -0.15) is 0 Å². The number of imidazole rings is 4. The number of rotatable bonds is 31. The van der Waals surface area contributed by atoms with Gasteiger partial charge in [-0.25, -0.2) is 49.2 Å². The van der Waals surface area contributed by atoms with Gasteiger partial charge in [0, 0.05) is 130 Å². The van der Waals surface area contributed by atoms with Gasteiger partial charge in [0.15, 0.2) is 23.3 Å². The summed E-state index contributed by atoms with van der Waals surface area (Å²) >= 11 is 0. The van der Waals surface area contributed by atoms with E-state index >= 15 is 0 Å². The van der Waals surface area contributed by atoms with E-state index in [4.69, 9.17) is 34.4 Å². The molecule has 758 valence electrons. The van der Waals surface area contributed by atoms with E-state index in [0.717, 1.165) is 78.3 Å². The number of aromatic nitrogens is 26. The van der Waals surface area contributed by atoms with Crippen molar-refractivity contribution < 1.29 is 63.5 Å². The third-order valence-electron chi connectivity index (χ3n) is 25.3. The quantitative estimate of drug-likeness (QED) is 0.0199. The molecule has 4 aliphatic rings. The van der Waals surface area contributed by atoms with Gasteiger partial charge < -0.3 is 94.6 Å². The Balaban J connectivity index is 0.000000135. The Morgan fingerprint density at radius 3 is 1.14 bits per heavy atom. The smallest absolute Gasteiger partial charge is 0.267 e. The zero-order chi connectivity index (χ0) is 102. The Hall–Kier alpha value is -17.1. The van der Waals surface area contributed by atoms with Gasteiger partial charge in [-0.1, -0.05) is 36.4 Å². The molecule has 22 rings (SSSR count). The summed E-state index contributed by atoms with van der Waals surface area (Å²) in [6.45, 7) is 16.8. The molecule has 13 heterocycles. The fourth-order valence-electron chi connectivity index (χ4n) is 16.7. The van der Waals surface area contributed by atoms with Gasteiger partial charge in [0.25, 0.3) is 23.3 Å². The molecule has 13 aromatic heterocycles. The van der Waals surface area contributed by atoms with Crippen LogP contribution < -0.4 is 56.2 Å². The van der Waals surface area contributed by atoms with Crippen LogP contribution in [-0.2, 0) is 27.6 Å². The Morgan fingerprint density at radius 2 is 0.750 bits per heavy atom. The third-order valence-corrected chi connectivity index (χ3v) is 25.3. The molecule has 3 amide bonds. The average Bonchev–Trinajstić information content (AvgIpc) is 0.954. The second-order valence-corrected chi connectivity index (χ2v) is 36.9. The molecule has 4 fully saturated rings. The first-order chi connectivity index (χ1) is 70.8. The zero-order valence-electron chi connectivity index (χ0n) is 84.0. The Bertz CT molecular complexity index is 7680. The fourth-order valence-corrected chi connectivity index (χ4v) is 16.7. The summed E-state index contributed by atoms with van der Waals surface area (Å²) in [4.78, 5) is 94.7. The Kier molecular flexibility index (Phi) is 30.8. The minimum atomic E-state index is -0.698. The van der Waals surface area contributed by atoms with Gasteiger partial charge >= 0.3 is 0 Å². The van der Waals surface area contributed by atoms with Crippen molar-refractivity contribution in [2.24, 2.45) is 0 Å². The summed E-state index contributed by atoms with van der Waals surface area (Å²) in [6, 6.07) is 43.1. The van der Waals surface area contributed by atoms with E-state index in [1.165, 1.54) is 43.0 Å². The number of carbonyl (C=O) groups excluding carboxylic acids is 3. The minimum absolute atomic E-state index is 0. The van der Waals surface area contributed by atoms with Crippen molar-refractivity contribution in [2.75, 3.05) is 62.5 Å². The average molecular weight is 2170 g/mol. The van der Waals surface area contributed by atoms with Gasteiger partial charge in [0.2, 0.25) is 0 Å². The summed E-state index contributed by atoms with van der Waals surface area (Å²) in [5.74, 6) is 6.87. The van der Waals surface area contributed by atoms with Crippen molar-refractivity contribution in [1.29, 1.82) is 0 Å². The van der Waals surface area contributed by atoms with Gasteiger partial charge in [0.05, 0.1) is 140 Å². The molecule has 4 aliphatic carbocycles. The second-order valence-electron chi connectivity index (χ2n) is 36.9. The fraction of sp³-hybridized carbons (Fsp3) is 0.283. The molecule has 40 nitrogen and oxygen atoms in total. The van der Waals surface area contributed by atoms with E-state index in [9.17, 15) is 23.6 Å². The second kappa shape index (κ2) is 44.6. The van der Waals surface area contributed by atoms with Gasteiger partial charge in [0.1, 0.15) is 112 Å². The van der Waals surface area contributed by atoms with Crippen molar-refractivity contribution in [3.8, 4) is 103 Å². The molecule has 0 bridgehead atoms. The number of hydrogen-bond donors (Lipinski definition) is 5. The summed E-state index contributed by atoms with van der Waals surface area (Å²) in [7, 11) is 7.90. The topological polar surface area (TPSA) is 452 Å². The molecule has 4 saturated carbocycles. The largest absolute Gasteiger partial charge is 0.497 e. The van der Waals surface area contributed by atoms with E-state index in [-0.39, 0.29) is 81.4 Å². The first-order valence-corrected chi connectivity index (χ1v) is 48.0. The maximum atomic E-state index is 14.9. The predicted octanol–water partition coefficient (Wildman–Crippen LogP) is 18.2. The molecule has 148 heavy (non-hydrogen) atoms. The number of carbonyl (C=O) groups is 3. The SMILES string of the molecule is COc1cc(F)c(C(=O)Nc2cccc(-c3nncn3C(C)C)n2)cc1-n1cnc(C2CC2)c1.COc1cc(N)c(C(=O)Nc2cccc(-c3nncn3C(C)C)n2)cc1-n1cnc(C2CC2)c1.COc1cc2ncn(-c3cccc(-c4nncn4C(C)C)n3)c(=O)c2cc1-n1cnc(C2CC2)c1.COc1ccc(CNc2cc(OC)c(-n3cnc(C4CC4)c3)cc2C(=O)Nc2cccc(-c3nncn3C(C)C)n2)cc1.[CH3-].[W]. The van der Waals surface area contributed by atoms with Crippen LogP contribution >= 0.6 is 0 Å². The predicted molar refractivity (Wildman–Crippen MR) is 552 cm³/mol. The first kappa shape index (κ1) is 102. The van der Waals surface area contributed by atoms with E-state index in [1.54, 1.807) is 144 Å². The van der Waals surface area contributed by atoms with Crippen molar-refractivity contribution in [1.82, 2.24) is 127 Å². The van der Waals surface area contributed by atoms with Gasteiger partial charge in [-0.05, 0) is 197 Å². The Labute approximate surface area is 865 Å². The number of nitrogens with zero attached hydrogens (tertiary/aromatic N) is 26. The van der Waals surface area contributed by atoms with Crippen LogP contribution in [-0.4, -0.2) is 180 Å². The third kappa shape index (κ3) is 22.7. The summed E-state index contributed by atoms with van der Waals surface area (Å²) in [5, 5.41) is 45.2. The van der Waals surface area contributed by atoms with Gasteiger partial charge in [-0.15, -0.1) is 40.8 Å². The zero-order valence-corrected chi connectivity index (χ0v) is 86.9. The van der Waals surface area contributed by atoms with E-state index in [2.05, 4.69) is 102 Å². The maximum Gasteiger partial charge on any atom is 0.267 e. The molecule has 42 heteroatoms. The van der Waals surface area contributed by atoms with Gasteiger partial charge in [-0.3, -0.25) is 23.7 Å². The number of anilines is 5. The molecule has 6 N–H and O–H groups in total. The van der Waals surface area contributed by atoms with E-state index in [0.29, 0.717) is 167 Å². The standard InChI is InChI=1S/C32H34N8O3.C25H24N8O2.C24H24FN7O2.C24H26N8O2.CH3.W/c1-20(2)40-19-35-38-31(40)25-6-5-7-30(36-25)37-32(41)24-14-28(39-17-27(34-18-39)22-10-11-22)29(43-4)15-26(24)33-16-21-8-12-23(42-3)13-9-21;1-15(2)32-14-28-30-24(32)18-5-4-6-23(29-18)33-13-27-19-10-22(35-3)21(9-17(19)25(33)34)31-11-20(26-12-31)16-7-8-16;2*1-14(2)32-13-27-30-23(32)18-5-4-6-22(28-18)29-24(33)16-9-20(21(34-3)10-17(16)25)31-11-19(26-12-31)15-7-8-15;;/h5-9,12-15,17-20,22,33H,10-11,16H2,1-4H3,(H,36,37,41);4-6,9-16H,7-8H2,1-3H3;4-6,9-15H,7-8H2,1-3H3,(H,28,29,33);4-6,9-15H,7-8,25H2,1-3H3,(H,28,29,33);1H3;/q;;;;-1;. The summed E-state index contributed by atoms with van der Waals surface area (Å²) < 4.78 is 59.0. The van der Waals surface area contributed by atoms with Crippen LogP contribution in [0.5, 0.6) is 28.7 Å². The van der Waals surface area contributed by atoms with Crippen molar-refractivity contribution in [3.63, 3.8) is 0 Å². The van der Waals surface area contributed by atoms with Crippen molar-refractivity contribution in [3.05, 3.63) is 296 Å². The number of methoxy groups -OCH3 is 5. The van der Waals surface area contributed by atoms with Crippen LogP contribution in [0.25, 0.3) is 85.5 Å². The van der Waals surface area contributed by atoms with Crippen molar-refractivity contribution in [2.45, 2.75) is 161 Å². The first-order valence-electron chi connectivity index (χ1n) is 48.0. The van der Waals surface area contributed by atoms with Crippen LogP contribution in [0.15, 0.2) is 232 Å². The number of nitrogens with one attached hydrogen (secondary N) is 4.